The highest BCUT2D eigenvalue weighted by Gasteiger charge is 2.52. The van der Waals surface area contributed by atoms with Crippen LogP contribution in [-0.4, -0.2) is 14.5 Å². The largest absolute Gasteiger partial charge is 0.412 e. The minimum atomic E-state index is -7.14. The van der Waals surface area contributed by atoms with Crippen molar-refractivity contribution in [1.82, 2.24) is 0 Å². The Kier molecular flexibility index (Phi) is 10.6. The fourth-order valence-corrected chi connectivity index (χ4v) is 6.48. The van der Waals surface area contributed by atoms with Gasteiger partial charge in [-0.3, -0.25) is 0 Å². The molecule has 0 amide bonds. The summed E-state index contributed by atoms with van der Waals surface area (Å²) in [7, 11) is -3.20. The molecule has 1 nitrogen and oxygen atoms in total. The van der Waals surface area contributed by atoms with Crippen LogP contribution in [0.5, 0.6) is 0 Å². The van der Waals surface area contributed by atoms with E-state index in [0.717, 1.165) is 0 Å². The van der Waals surface area contributed by atoms with Crippen molar-refractivity contribution < 1.29 is 87.8 Å². The molecule has 0 fully saturated rings. The zero-order chi connectivity index (χ0) is 40.8. The smallest absolute Gasteiger partial charge is 0.200 e. The summed E-state index contributed by atoms with van der Waals surface area (Å²) in [6.45, 7) is 5.87. The summed E-state index contributed by atoms with van der Waals surface area (Å²) in [5.74, 6) is -65.1. The number of rotatable bonds is 7. The third-order valence-electron chi connectivity index (χ3n) is 9.24. The fourth-order valence-electron chi connectivity index (χ4n) is 5.54. The monoisotopic (exact) mass is 805 g/mol. The Morgan fingerprint density at radius 2 is 0.547 bits per heavy atom. The molecular formula is C31H17BF19OSi-. The fraction of sp³-hybridized carbons (Fsp3) is 0.226. The predicted molar refractivity (Wildman–Crippen MR) is 151 cm³/mol. The first-order valence-corrected chi connectivity index (χ1v) is 17.2. The maximum absolute atomic E-state index is 16.4. The lowest BCUT2D eigenvalue weighted by molar-refractivity contribution is 0.260. The molecule has 0 atom stereocenters. The van der Waals surface area contributed by atoms with Gasteiger partial charge in [0.25, 0.3) is 0 Å². The normalized spacial score (nSPS) is 12.7. The molecule has 0 spiro atoms. The second-order valence-electron chi connectivity index (χ2n) is 13.0. The van der Waals surface area contributed by atoms with Crippen LogP contribution in [0.1, 0.15) is 26.3 Å². The number of hydrogen-bond acceptors (Lipinski definition) is 1. The molecule has 0 saturated heterocycles. The maximum Gasteiger partial charge on any atom is 0.200 e. The highest BCUT2D eigenvalue weighted by atomic mass is 28.4. The first-order valence-electron chi connectivity index (χ1n) is 14.3. The number of halogens is 19. The Balaban J connectivity index is 2.53. The van der Waals surface area contributed by atoms with E-state index in [9.17, 15) is 39.5 Å². The minimum absolute atomic E-state index is 0.835. The molecule has 0 saturated carbocycles. The lowest BCUT2D eigenvalue weighted by atomic mass is 9.12. The Hall–Kier alpha value is -4.21. The van der Waals surface area contributed by atoms with Crippen LogP contribution in [0.15, 0.2) is 0 Å². The van der Waals surface area contributed by atoms with Crippen LogP contribution in [0.2, 0.25) is 18.1 Å². The molecule has 53 heavy (non-hydrogen) atoms. The first-order chi connectivity index (χ1) is 24.1. The van der Waals surface area contributed by atoms with E-state index in [-0.39, 0.29) is 0 Å². The average molecular weight is 805 g/mol. The van der Waals surface area contributed by atoms with Gasteiger partial charge >= 0.3 is 0 Å². The molecule has 0 aliphatic rings. The molecule has 22 heteroatoms. The summed E-state index contributed by atoms with van der Waals surface area (Å²) in [6.07, 6.45) is -7.14. The van der Waals surface area contributed by atoms with E-state index in [1.807, 2.05) is 0 Å². The minimum Gasteiger partial charge on any atom is -0.412 e. The average Bonchev–Trinajstić information content (AvgIpc) is 3.08. The number of benzene rings is 4. The summed E-state index contributed by atoms with van der Waals surface area (Å²) < 4.78 is 296. The highest BCUT2D eigenvalue weighted by Crippen LogP contribution is 2.38. The topological polar surface area (TPSA) is 9.23 Å². The van der Waals surface area contributed by atoms with Crippen molar-refractivity contribution in [2.75, 3.05) is 0 Å². The Bertz CT molecular complexity index is 1930. The Labute approximate surface area is 286 Å². The van der Waals surface area contributed by atoms with E-state index in [1.54, 1.807) is 0 Å². The van der Waals surface area contributed by atoms with Crippen LogP contribution in [0.25, 0.3) is 0 Å². The Morgan fingerprint density at radius 3 is 0.755 bits per heavy atom. The highest BCUT2D eigenvalue weighted by molar-refractivity contribution is 7.20. The van der Waals surface area contributed by atoms with Gasteiger partial charge in [0, 0.05) is 0 Å². The van der Waals surface area contributed by atoms with Crippen LogP contribution in [0.3, 0.4) is 0 Å². The zero-order valence-electron chi connectivity index (χ0n) is 26.9. The lowest BCUT2D eigenvalue weighted by Gasteiger charge is -2.45. The number of hydrogen-bond donors (Lipinski definition) is 0. The van der Waals surface area contributed by atoms with Crippen LogP contribution < -0.4 is 21.9 Å². The first kappa shape index (κ1) is 41.5. The standard InChI is InChI=1S/C31H17BF19OSi/c1-31(2,3)53(4,5)52-6-7-12(33)14(35)8(15(36)13(7)34)32(9-16(37)22(43)28(49)23(44)17(9)38,10-18(39)24(45)29(50)25(46)19(10)40)11-20(41)26(47)30(51)27(48)21(11)42/h6H2,1-5H3/q-1. The lowest BCUT2D eigenvalue weighted by Crippen LogP contribution is -2.81. The van der Waals surface area contributed by atoms with Crippen LogP contribution in [0, 0.1) is 111 Å². The van der Waals surface area contributed by atoms with E-state index >= 15 is 43.9 Å². The van der Waals surface area contributed by atoms with Gasteiger partial charge in [0.1, 0.15) is 52.7 Å². The van der Waals surface area contributed by atoms with Crippen LogP contribution >= 0.6 is 0 Å². The molecule has 4 aromatic rings. The zero-order valence-corrected chi connectivity index (χ0v) is 27.9. The molecule has 0 aliphatic carbocycles. The van der Waals surface area contributed by atoms with Gasteiger partial charge < -0.3 is 4.43 Å². The van der Waals surface area contributed by atoms with Gasteiger partial charge in [-0.15, -0.1) is 21.9 Å². The van der Waals surface area contributed by atoms with Gasteiger partial charge in [-0.2, -0.15) is 0 Å². The van der Waals surface area contributed by atoms with Crippen molar-refractivity contribution in [1.29, 1.82) is 0 Å². The third-order valence-corrected chi connectivity index (χ3v) is 13.7. The Morgan fingerprint density at radius 1 is 0.358 bits per heavy atom. The van der Waals surface area contributed by atoms with Gasteiger partial charge in [0.15, 0.2) is 72.3 Å². The molecule has 4 aromatic carbocycles. The van der Waals surface area contributed by atoms with E-state index < -0.39 is 164 Å². The summed E-state index contributed by atoms with van der Waals surface area (Å²) in [5.41, 5.74) is -15.7. The van der Waals surface area contributed by atoms with E-state index in [1.165, 1.54) is 33.9 Å². The van der Waals surface area contributed by atoms with Crippen molar-refractivity contribution in [3.63, 3.8) is 0 Å². The SMILES string of the molecule is CC(C)(C)[Si](C)(C)OCc1c(F)c(F)c([B-](c2c(F)c(F)c(F)c(F)c2F)(c2c(F)c(F)c(F)c(F)c2F)c2c(F)c(F)c(F)c(F)c2F)c(F)c1F. The van der Waals surface area contributed by atoms with Gasteiger partial charge in [0.2, 0.25) is 0 Å². The van der Waals surface area contributed by atoms with Gasteiger partial charge in [-0.25, -0.2) is 83.4 Å². The van der Waals surface area contributed by atoms with E-state index in [0.29, 0.717) is 0 Å². The molecule has 0 radical (unpaired) electrons. The molecule has 288 valence electrons. The second kappa shape index (κ2) is 13.6. The molecular weight excluding hydrogens is 788 g/mol. The van der Waals surface area contributed by atoms with E-state index in [2.05, 4.69) is 0 Å². The molecule has 0 unspecified atom stereocenters. The molecule has 4 rings (SSSR count). The quantitative estimate of drug-likeness (QED) is 0.0793. The third kappa shape index (κ3) is 5.86. The van der Waals surface area contributed by atoms with Gasteiger partial charge in [-0.1, -0.05) is 20.8 Å². The summed E-state index contributed by atoms with van der Waals surface area (Å²) >= 11 is 0. The molecule has 0 aliphatic heterocycles. The molecule has 0 bridgehead atoms. The van der Waals surface area contributed by atoms with E-state index in [4.69, 9.17) is 4.43 Å². The van der Waals surface area contributed by atoms with Crippen molar-refractivity contribution in [3.8, 4) is 0 Å². The van der Waals surface area contributed by atoms with Crippen molar-refractivity contribution in [3.05, 3.63) is 116 Å². The molecule has 0 aromatic heterocycles. The van der Waals surface area contributed by atoms with Gasteiger partial charge in [-0.05, 0) is 18.1 Å². The van der Waals surface area contributed by atoms with Gasteiger partial charge in [0.05, 0.1) is 12.2 Å². The molecule has 0 N–H and O–H groups in total. The molecule has 0 heterocycles. The summed E-state index contributed by atoms with van der Waals surface area (Å²) in [5, 5.41) is -0.835. The predicted octanol–water partition coefficient (Wildman–Crippen LogP) is 8.23. The summed E-state index contributed by atoms with van der Waals surface area (Å²) in [4.78, 5) is 0. The summed E-state index contributed by atoms with van der Waals surface area (Å²) in [6, 6.07) is 0. The van der Waals surface area contributed by atoms with Crippen molar-refractivity contribution >= 4 is 36.3 Å². The maximum atomic E-state index is 16.4. The van der Waals surface area contributed by atoms with Crippen LogP contribution in [-0.2, 0) is 11.0 Å². The van der Waals surface area contributed by atoms with Crippen molar-refractivity contribution in [2.45, 2.75) is 45.5 Å². The second-order valence-corrected chi connectivity index (χ2v) is 17.8. The van der Waals surface area contributed by atoms with Crippen LogP contribution in [0.4, 0.5) is 83.4 Å². The van der Waals surface area contributed by atoms with Crippen molar-refractivity contribution in [2.24, 2.45) is 0 Å².